The number of benzene rings is 3. The minimum atomic E-state index is -4.24. The predicted molar refractivity (Wildman–Crippen MR) is 149 cm³/mol. The summed E-state index contributed by atoms with van der Waals surface area (Å²) in [5.41, 5.74) is 0.786. The topological polar surface area (TPSA) is 96.0 Å². The van der Waals surface area contributed by atoms with E-state index in [0.29, 0.717) is 12.2 Å². The van der Waals surface area contributed by atoms with Gasteiger partial charge in [-0.1, -0.05) is 60.5 Å². The van der Waals surface area contributed by atoms with Crippen LogP contribution in [0, 0.1) is 0 Å². The van der Waals surface area contributed by atoms with Crippen molar-refractivity contribution in [1.82, 2.24) is 10.2 Å². The van der Waals surface area contributed by atoms with Gasteiger partial charge in [0.05, 0.1) is 22.7 Å². The number of nitrogens with one attached hydrogen (secondary N) is 1. The number of sulfonamides is 1. The fraction of sp³-hybridized carbons (Fsp3) is 0.259. The monoisotopic (exact) mass is 577 g/mol. The van der Waals surface area contributed by atoms with Crippen molar-refractivity contribution in [2.45, 2.75) is 30.8 Å². The van der Waals surface area contributed by atoms with Crippen LogP contribution in [0.4, 0.5) is 5.69 Å². The van der Waals surface area contributed by atoms with Gasteiger partial charge >= 0.3 is 0 Å². The van der Waals surface area contributed by atoms with Gasteiger partial charge in [0.15, 0.2) is 0 Å². The summed E-state index contributed by atoms with van der Waals surface area (Å²) in [5.74, 6) is -0.319. The van der Waals surface area contributed by atoms with Crippen molar-refractivity contribution in [3.05, 3.63) is 88.4 Å². The van der Waals surface area contributed by atoms with Crippen LogP contribution in [0.5, 0.6) is 5.75 Å². The molecule has 202 valence electrons. The number of ether oxygens (including phenoxy) is 1. The molecule has 0 aromatic heterocycles. The van der Waals surface area contributed by atoms with Crippen LogP contribution in [-0.2, 0) is 26.2 Å². The molecule has 3 rings (SSSR count). The second-order valence-electron chi connectivity index (χ2n) is 8.33. The third-order valence-electron chi connectivity index (χ3n) is 5.93. The molecule has 0 aliphatic carbocycles. The summed E-state index contributed by atoms with van der Waals surface area (Å²) >= 11 is 12.6. The van der Waals surface area contributed by atoms with E-state index in [0.717, 1.165) is 9.87 Å². The molecule has 3 aromatic carbocycles. The molecule has 0 spiro atoms. The molecule has 0 radical (unpaired) electrons. The third kappa shape index (κ3) is 6.78. The van der Waals surface area contributed by atoms with E-state index in [4.69, 9.17) is 27.9 Å². The molecule has 2 amide bonds. The molecular weight excluding hydrogens is 549 g/mol. The molecule has 38 heavy (non-hydrogen) atoms. The van der Waals surface area contributed by atoms with E-state index in [-0.39, 0.29) is 33.1 Å². The Morgan fingerprint density at radius 1 is 1.00 bits per heavy atom. The van der Waals surface area contributed by atoms with Gasteiger partial charge in [-0.15, -0.1) is 0 Å². The van der Waals surface area contributed by atoms with Gasteiger partial charge in [0.25, 0.3) is 10.0 Å². The molecule has 8 nitrogen and oxygen atoms in total. The van der Waals surface area contributed by atoms with Gasteiger partial charge in [-0.25, -0.2) is 8.42 Å². The van der Waals surface area contributed by atoms with Crippen LogP contribution in [0.25, 0.3) is 0 Å². The highest BCUT2D eigenvalue weighted by molar-refractivity contribution is 7.92. The Hall–Kier alpha value is -3.27. The van der Waals surface area contributed by atoms with Crippen LogP contribution in [0.3, 0.4) is 0 Å². The smallest absolute Gasteiger partial charge is 0.264 e. The summed E-state index contributed by atoms with van der Waals surface area (Å²) in [6, 6.07) is 18.3. The minimum Gasteiger partial charge on any atom is -0.497 e. The fourth-order valence-electron chi connectivity index (χ4n) is 3.92. The molecule has 0 aliphatic rings. The number of amides is 2. The number of likely N-dealkylation sites (N-methyl/N-ethyl adjacent to an activating group) is 1. The Morgan fingerprint density at radius 3 is 2.24 bits per heavy atom. The predicted octanol–water partition coefficient (Wildman–Crippen LogP) is 4.75. The van der Waals surface area contributed by atoms with Crippen LogP contribution in [0.15, 0.2) is 77.7 Å². The SMILES string of the molecule is CCC(C(=O)NC)N(Cc1ccc(OC)cc1)C(=O)CN(c1cc(Cl)ccc1Cl)S(=O)(=O)c1ccccc1. The average molecular weight is 579 g/mol. The molecular formula is C27H29Cl2N3O5S. The van der Waals surface area contributed by atoms with Crippen molar-refractivity contribution in [1.29, 1.82) is 0 Å². The van der Waals surface area contributed by atoms with E-state index < -0.39 is 28.5 Å². The number of anilines is 1. The Labute approximate surface area is 233 Å². The van der Waals surface area contributed by atoms with Gasteiger partial charge in [-0.3, -0.25) is 13.9 Å². The summed E-state index contributed by atoms with van der Waals surface area (Å²) in [4.78, 5) is 28.0. The van der Waals surface area contributed by atoms with Crippen LogP contribution in [-0.4, -0.2) is 51.9 Å². The van der Waals surface area contributed by atoms with Crippen molar-refractivity contribution >= 4 is 50.7 Å². The Balaban J connectivity index is 2.08. The van der Waals surface area contributed by atoms with Gasteiger partial charge in [0, 0.05) is 18.6 Å². The van der Waals surface area contributed by atoms with Crippen molar-refractivity contribution in [3.8, 4) is 5.75 Å². The summed E-state index contributed by atoms with van der Waals surface area (Å²) in [6.07, 6.45) is 0.310. The zero-order chi connectivity index (χ0) is 27.9. The van der Waals surface area contributed by atoms with Crippen molar-refractivity contribution < 1.29 is 22.7 Å². The molecule has 0 heterocycles. The number of carbonyl (C=O) groups is 2. The van der Waals surface area contributed by atoms with Gasteiger partial charge < -0.3 is 15.0 Å². The highest BCUT2D eigenvalue weighted by Crippen LogP contribution is 2.33. The second-order valence-corrected chi connectivity index (χ2v) is 11.0. The standard InChI is InChI=1S/C27H29Cl2N3O5S/c1-4-24(27(34)30-2)31(17-19-10-13-21(37-3)14-11-19)26(33)18-32(25-16-20(28)12-15-23(25)29)38(35,36)22-8-6-5-7-9-22/h5-16,24H,4,17-18H2,1-3H3,(H,30,34). The lowest BCUT2D eigenvalue weighted by molar-refractivity contribution is -0.140. The molecule has 0 saturated heterocycles. The highest BCUT2D eigenvalue weighted by atomic mass is 35.5. The highest BCUT2D eigenvalue weighted by Gasteiger charge is 2.34. The van der Waals surface area contributed by atoms with Crippen LogP contribution in [0.1, 0.15) is 18.9 Å². The number of rotatable bonds is 11. The normalized spacial score (nSPS) is 11.9. The first kappa shape index (κ1) is 29.3. The zero-order valence-corrected chi connectivity index (χ0v) is 23.6. The van der Waals surface area contributed by atoms with Crippen molar-refractivity contribution in [2.75, 3.05) is 25.0 Å². The fourth-order valence-corrected chi connectivity index (χ4v) is 5.81. The summed E-state index contributed by atoms with van der Waals surface area (Å²) in [5, 5.41) is 2.94. The lowest BCUT2D eigenvalue weighted by Crippen LogP contribution is -2.51. The van der Waals surface area contributed by atoms with Crippen LogP contribution in [0.2, 0.25) is 10.0 Å². The minimum absolute atomic E-state index is 0.0242. The molecule has 1 atom stereocenters. The maximum Gasteiger partial charge on any atom is 0.264 e. The number of hydrogen-bond acceptors (Lipinski definition) is 5. The lowest BCUT2D eigenvalue weighted by atomic mass is 10.1. The number of halogens is 2. The molecule has 1 unspecified atom stereocenters. The maximum atomic E-state index is 13.9. The number of methoxy groups -OCH3 is 1. The second kappa shape index (κ2) is 13.0. The first-order valence-corrected chi connectivity index (χ1v) is 14.0. The summed E-state index contributed by atoms with van der Waals surface area (Å²) in [6.45, 7) is 1.23. The average Bonchev–Trinajstić information content (AvgIpc) is 2.93. The summed E-state index contributed by atoms with van der Waals surface area (Å²) < 4.78 is 33.7. The van der Waals surface area contributed by atoms with E-state index in [2.05, 4.69) is 5.32 Å². The van der Waals surface area contributed by atoms with Crippen molar-refractivity contribution in [2.24, 2.45) is 0 Å². The number of hydrogen-bond donors (Lipinski definition) is 1. The first-order chi connectivity index (χ1) is 18.1. The zero-order valence-electron chi connectivity index (χ0n) is 21.2. The Bertz CT molecular complexity index is 1370. The van der Waals surface area contributed by atoms with Gasteiger partial charge in [-0.05, 0) is 54.4 Å². The van der Waals surface area contributed by atoms with E-state index in [1.54, 1.807) is 56.5 Å². The van der Waals surface area contributed by atoms with Gasteiger partial charge in [-0.2, -0.15) is 0 Å². The molecule has 0 fully saturated rings. The van der Waals surface area contributed by atoms with Gasteiger partial charge in [0.1, 0.15) is 18.3 Å². The molecule has 1 N–H and O–H groups in total. The molecule has 0 bridgehead atoms. The molecule has 11 heteroatoms. The Morgan fingerprint density at radius 2 is 1.66 bits per heavy atom. The van der Waals surface area contributed by atoms with E-state index >= 15 is 0 Å². The Kier molecular flexibility index (Phi) is 10.0. The molecule has 0 saturated carbocycles. The number of carbonyl (C=O) groups excluding carboxylic acids is 2. The quantitative estimate of drug-likeness (QED) is 0.354. The van der Waals surface area contributed by atoms with E-state index in [9.17, 15) is 18.0 Å². The number of nitrogens with zero attached hydrogens (tertiary/aromatic N) is 2. The summed E-state index contributed by atoms with van der Waals surface area (Å²) in [7, 11) is -1.20. The van der Waals surface area contributed by atoms with E-state index in [1.165, 1.54) is 42.3 Å². The third-order valence-corrected chi connectivity index (χ3v) is 8.26. The maximum absolute atomic E-state index is 13.9. The lowest BCUT2D eigenvalue weighted by Gasteiger charge is -2.33. The van der Waals surface area contributed by atoms with Crippen LogP contribution < -0.4 is 14.4 Å². The van der Waals surface area contributed by atoms with Gasteiger partial charge in [0.2, 0.25) is 11.8 Å². The molecule has 3 aromatic rings. The largest absolute Gasteiger partial charge is 0.497 e. The first-order valence-electron chi connectivity index (χ1n) is 11.8. The van der Waals surface area contributed by atoms with Crippen LogP contribution >= 0.6 is 23.2 Å². The van der Waals surface area contributed by atoms with E-state index in [1.807, 2.05) is 0 Å². The molecule has 0 aliphatic heterocycles. The van der Waals surface area contributed by atoms with Crippen molar-refractivity contribution in [3.63, 3.8) is 0 Å².